The molecule has 1 heterocycles. The Morgan fingerprint density at radius 3 is 2.46 bits per heavy atom. The van der Waals surface area contributed by atoms with Crippen LogP contribution in [-0.4, -0.2) is 38.6 Å². The maximum Gasteiger partial charge on any atom is 0.279 e. The molecule has 126 valence electrons. The monoisotopic (exact) mass is 328 g/mol. The number of hydrogen-bond donors (Lipinski definition) is 2. The first-order valence-electron chi connectivity index (χ1n) is 8.31. The number of carbonyl (C=O) groups is 1. The lowest BCUT2D eigenvalue weighted by molar-refractivity contribution is -0.892. The van der Waals surface area contributed by atoms with Crippen molar-refractivity contribution in [3.05, 3.63) is 59.9 Å². The van der Waals surface area contributed by atoms with Gasteiger partial charge in [0.2, 0.25) is 0 Å². The number of rotatable bonds is 4. The van der Waals surface area contributed by atoms with Gasteiger partial charge in [-0.2, -0.15) is 0 Å². The molecule has 0 spiro atoms. The maximum atomic E-state index is 13.8. The molecule has 0 atom stereocenters. The van der Waals surface area contributed by atoms with E-state index >= 15 is 0 Å². The highest BCUT2D eigenvalue weighted by atomic mass is 19.1. The fourth-order valence-electron chi connectivity index (χ4n) is 3.02. The second kappa shape index (κ2) is 7.45. The SMILES string of the molecule is Cc1ccc(NC(=O)C[NH+]2CCN(c3ccccc3F)CC2)cc1. The zero-order valence-corrected chi connectivity index (χ0v) is 13.9. The van der Waals surface area contributed by atoms with E-state index in [0.717, 1.165) is 31.9 Å². The lowest BCUT2D eigenvalue weighted by Gasteiger charge is -2.33. The van der Waals surface area contributed by atoms with Crippen molar-refractivity contribution in [2.45, 2.75) is 6.92 Å². The van der Waals surface area contributed by atoms with Crippen molar-refractivity contribution < 1.29 is 14.1 Å². The molecular weight excluding hydrogens is 305 g/mol. The molecule has 1 saturated heterocycles. The van der Waals surface area contributed by atoms with E-state index in [9.17, 15) is 9.18 Å². The normalized spacial score (nSPS) is 15.3. The Bertz CT molecular complexity index is 694. The van der Waals surface area contributed by atoms with Gasteiger partial charge in [-0.15, -0.1) is 0 Å². The van der Waals surface area contributed by atoms with Crippen LogP contribution in [0.3, 0.4) is 0 Å². The van der Waals surface area contributed by atoms with Crippen LogP contribution in [0.5, 0.6) is 0 Å². The molecule has 24 heavy (non-hydrogen) atoms. The summed E-state index contributed by atoms with van der Waals surface area (Å²) < 4.78 is 13.8. The number of nitrogens with zero attached hydrogens (tertiary/aromatic N) is 1. The van der Waals surface area contributed by atoms with Gasteiger partial charge in [0.05, 0.1) is 31.9 Å². The summed E-state index contributed by atoms with van der Waals surface area (Å²) in [5.74, 6) is -0.161. The van der Waals surface area contributed by atoms with Crippen molar-refractivity contribution in [2.75, 3.05) is 42.9 Å². The van der Waals surface area contributed by atoms with E-state index in [-0.39, 0.29) is 11.7 Å². The average molecular weight is 328 g/mol. The molecule has 0 unspecified atom stereocenters. The number of carbonyl (C=O) groups excluding carboxylic acids is 1. The summed E-state index contributed by atoms with van der Waals surface area (Å²) in [6.45, 7) is 5.64. The molecule has 5 heteroatoms. The summed E-state index contributed by atoms with van der Waals surface area (Å²) in [6, 6.07) is 14.7. The molecule has 1 fully saturated rings. The fraction of sp³-hybridized carbons (Fsp3) is 0.316. The molecule has 1 aliphatic heterocycles. The minimum atomic E-state index is -0.182. The van der Waals surface area contributed by atoms with Gasteiger partial charge in [-0.3, -0.25) is 4.79 Å². The number of hydrogen-bond acceptors (Lipinski definition) is 2. The first kappa shape index (κ1) is 16.5. The van der Waals surface area contributed by atoms with Crippen molar-refractivity contribution in [1.29, 1.82) is 0 Å². The van der Waals surface area contributed by atoms with Crippen LogP contribution in [0.15, 0.2) is 48.5 Å². The summed E-state index contributed by atoms with van der Waals surface area (Å²) in [5.41, 5.74) is 2.65. The van der Waals surface area contributed by atoms with Crippen molar-refractivity contribution >= 4 is 17.3 Å². The minimum absolute atomic E-state index is 0.0215. The van der Waals surface area contributed by atoms with E-state index in [1.807, 2.05) is 43.3 Å². The predicted octanol–water partition coefficient (Wildman–Crippen LogP) is 1.48. The third kappa shape index (κ3) is 4.11. The van der Waals surface area contributed by atoms with E-state index in [0.29, 0.717) is 12.2 Å². The van der Waals surface area contributed by atoms with Gasteiger partial charge >= 0.3 is 0 Å². The van der Waals surface area contributed by atoms with Crippen LogP contribution in [-0.2, 0) is 4.79 Å². The number of benzene rings is 2. The van der Waals surface area contributed by atoms with Crippen LogP contribution < -0.4 is 15.1 Å². The Kier molecular flexibility index (Phi) is 5.11. The summed E-state index contributed by atoms with van der Waals surface area (Å²) >= 11 is 0. The van der Waals surface area contributed by atoms with E-state index in [1.54, 1.807) is 6.07 Å². The van der Waals surface area contributed by atoms with Gasteiger partial charge in [-0.1, -0.05) is 29.8 Å². The number of anilines is 2. The third-order valence-corrected chi connectivity index (χ3v) is 4.41. The summed E-state index contributed by atoms with van der Waals surface area (Å²) in [7, 11) is 0. The van der Waals surface area contributed by atoms with Crippen molar-refractivity contribution in [3.63, 3.8) is 0 Å². The highest BCUT2D eigenvalue weighted by molar-refractivity contribution is 5.91. The molecule has 1 aliphatic rings. The van der Waals surface area contributed by atoms with Crippen LogP contribution in [0.4, 0.5) is 15.8 Å². The number of piperazine rings is 1. The average Bonchev–Trinajstić information content (AvgIpc) is 2.58. The van der Waals surface area contributed by atoms with Crippen LogP contribution in [0, 0.1) is 12.7 Å². The number of quaternary nitrogens is 1. The summed E-state index contributed by atoms with van der Waals surface area (Å²) in [5, 5.41) is 2.94. The van der Waals surface area contributed by atoms with Gasteiger partial charge in [0.1, 0.15) is 5.82 Å². The van der Waals surface area contributed by atoms with E-state index < -0.39 is 0 Å². The quantitative estimate of drug-likeness (QED) is 0.892. The Balaban J connectivity index is 1.49. The predicted molar refractivity (Wildman–Crippen MR) is 94.0 cm³/mol. The molecule has 3 rings (SSSR count). The topological polar surface area (TPSA) is 36.8 Å². The maximum absolute atomic E-state index is 13.8. The summed E-state index contributed by atoms with van der Waals surface area (Å²) in [4.78, 5) is 15.4. The largest absolute Gasteiger partial charge is 0.358 e. The number of amides is 1. The Labute approximate surface area is 141 Å². The molecule has 1 amide bonds. The molecule has 0 bridgehead atoms. The highest BCUT2D eigenvalue weighted by Crippen LogP contribution is 2.18. The van der Waals surface area contributed by atoms with Gasteiger partial charge in [-0.25, -0.2) is 4.39 Å². The van der Waals surface area contributed by atoms with Crippen molar-refractivity contribution in [2.24, 2.45) is 0 Å². The summed E-state index contributed by atoms with van der Waals surface area (Å²) in [6.07, 6.45) is 0. The highest BCUT2D eigenvalue weighted by Gasteiger charge is 2.23. The smallest absolute Gasteiger partial charge is 0.279 e. The van der Waals surface area contributed by atoms with Crippen LogP contribution in [0.2, 0.25) is 0 Å². The molecule has 4 nitrogen and oxygen atoms in total. The first-order chi connectivity index (χ1) is 11.6. The second-order valence-corrected chi connectivity index (χ2v) is 6.28. The number of aryl methyl sites for hydroxylation is 1. The van der Waals surface area contributed by atoms with E-state index in [1.165, 1.54) is 16.5 Å². The van der Waals surface area contributed by atoms with E-state index in [4.69, 9.17) is 0 Å². The Morgan fingerprint density at radius 2 is 1.79 bits per heavy atom. The lowest BCUT2D eigenvalue weighted by Crippen LogP contribution is -3.15. The number of para-hydroxylation sites is 1. The van der Waals surface area contributed by atoms with Crippen molar-refractivity contribution in [3.8, 4) is 0 Å². The van der Waals surface area contributed by atoms with Gasteiger partial charge in [0, 0.05) is 5.69 Å². The first-order valence-corrected chi connectivity index (χ1v) is 8.31. The van der Waals surface area contributed by atoms with Crippen LogP contribution >= 0.6 is 0 Å². The minimum Gasteiger partial charge on any atom is -0.358 e. The molecule has 0 saturated carbocycles. The molecule has 2 aromatic rings. The third-order valence-electron chi connectivity index (χ3n) is 4.41. The van der Waals surface area contributed by atoms with Crippen LogP contribution in [0.1, 0.15) is 5.56 Å². The molecule has 2 N–H and O–H groups in total. The van der Waals surface area contributed by atoms with E-state index in [2.05, 4.69) is 10.2 Å². The number of halogens is 1. The Hall–Kier alpha value is -2.40. The molecule has 0 aliphatic carbocycles. The zero-order valence-electron chi connectivity index (χ0n) is 13.9. The zero-order chi connectivity index (χ0) is 16.9. The second-order valence-electron chi connectivity index (χ2n) is 6.28. The van der Waals surface area contributed by atoms with Gasteiger partial charge in [0.25, 0.3) is 5.91 Å². The molecular formula is C19H23FN3O+. The van der Waals surface area contributed by atoms with Crippen molar-refractivity contribution in [1.82, 2.24) is 0 Å². The van der Waals surface area contributed by atoms with Gasteiger partial charge in [-0.05, 0) is 31.2 Å². The lowest BCUT2D eigenvalue weighted by atomic mass is 10.2. The molecule has 0 radical (unpaired) electrons. The molecule has 2 aromatic carbocycles. The Morgan fingerprint density at radius 1 is 1.12 bits per heavy atom. The standard InChI is InChI=1S/C19H22FN3O/c1-15-6-8-16(9-7-15)21-19(24)14-22-10-12-23(13-11-22)18-5-3-2-4-17(18)20/h2-9H,10-14H2,1H3,(H,21,24)/p+1. The fourth-order valence-corrected chi connectivity index (χ4v) is 3.02. The number of nitrogens with one attached hydrogen (secondary N) is 2. The van der Waals surface area contributed by atoms with Gasteiger partial charge in [0.15, 0.2) is 6.54 Å². The van der Waals surface area contributed by atoms with Crippen LogP contribution in [0.25, 0.3) is 0 Å². The molecule has 0 aromatic heterocycles. The van der Waals surface area contributed by atoms with Gasteiger partial charge < -0.3 is 15.1 Å².